The van der Waals surface area contributed by atoms with Crippen molar-refractivity contribution in [2.24, 2.45) is 5.92 Å². The fourth-order valence-corrected chi connectivity index (χ4v) is 2.06. The lowest BCUT2D eigenvalue weighted by Gasteiger charge is -2.14. The molecule has 0 aliphatic carbocycles. The van der Waals surface area contributed by atoms with Crippen molar-refractivity contribution in [3.05, 3.63) is 28.2 Å². The molecule has 0 heterocycles. The summed E-state index contributed by atoms with van der Waals surface area (Å²) in [5.41, 5.74) is 0.261. The second-order valence-corrected chi connectivity index (χ2v) is 5.22. The summed E-state index contributed by atoms with van der Waals surface area (Å²) in [4.78, 5) is 22.9. The quantitative estimate of drug-likeness (QED) is 0.739. The van der Waals surface area contributed by atoms with E-state index in [0.29, 0.717) is 17.6 Å². The van der Waals surface area contributed by atoms with Crippen molar-refractivity contribution in [1.29, 1.82) is 0 Å². The molecule has 0 fully saturated rings. The maximum atomic E-state index is 11.8. The van der Waals surface area contributed by atoms with Crippen molar-refractivity contribution in [2.75, 3.05) is 25.6 Å². The van der Waals surface area contributed by atoms with Crippen LogP contribution in [0.25, 0.3) is 0 Å². The molecule has 0 aliphatic heterocycles. The number of halogens is 1. The minimum atomic E-state index is -1.10. The summed E-state index contributed by atoms with van der Waals surface area (Å²) < 4.78 is 5.48. The van der Waals surface area contributed by atoms with Crippen LogP contribution in [0, 0.1) is 5.92 Å². The molecule has 20 heavy (non-hydrogen) atoms. The van der Waals surface area contributed by atoms with Gasteiger partial charge in [0.1, 0.15) is 0 Å². The highest BCUT2D eigenvalue weighted by molar-refractivity contribution is 9.10. The molecule has 1 unspecified atom stereocenters. The number of carboxylic acid groups (broad SMARTS) is 1. The third-order valence-corrected chi connectivity index (χ3v) is 3.21. The average molecular weight is 345 g/mol. The highest BCUT2D eigenvalue weighted by Crippen LogP contribution is 2.26. The number of carboxylic acids is 1. The van der Waals surface area contributed by atoms with Crippen LogP contribution >= 0.6 is 15.9 Å². The van der Waals surface area contributed by atoms with Gasteiger partial charge in [0.05, 0.1) is 17.9 Å². The van der Waals surface area contributed by atoms with Crippen LogP contribution in [0.4, 0.5) is 10.5 Å². The second-order valence-electron chi connectivity index (χ2n) is 4.36. The standard InChI is InChI=1S/C13H17BrN2O4/c1-8(7-20-2)6-15-13(19)16-11-9(12(17)18)4-3-5-10(11)14/h3-5,8H,6-7H2,1-2H3,(H,17,18)(H2,15,16,19). The van der Waals surface area contributed by atoms with Gasteiger partial charge in [0, 0.05) is 18.1 Å². The van der Waals surface area contributed by atoms with Gasteiger partial charge in [-0.2, -0.15) is 0 Å². The number of hydrogen-bond acceptors (Lipinski definition) is 3. The lowest BCUT2D eigenvalue weighted by Crippen LogP contribution is -2.34. The van der Waals surface area contributed by atoms with Crippen molar-refractivity contribution in [1.82, 2.24) is 5.32 Å². The molecule has 0 aromatic heterocycles. The van der Waals surface area contributed by atoms with Crippen molar-refractivity contribution in [3.63, 3.8) is 0 Å². The Morgan fingerprint density at radius 3 is 2.75 bits per heavy atom. The first-order valence-corrected chi connectivity index (χ1v) is 6.80. The van der Waals surface area contributed by atoms with E-state index in [4.69, 9.17) is 9.84 Å². The van der Waals surface area contributed by atoms with Crippen LogP contribution in [-0.2, 0) is 4.74 Å². The number of anilines is 1. The Morgan fingerprint density at radius 1 is 1.45 bits per heavy atom. The highest BCUT2D eigenvalue weighted by atomic mass is 79.9. The van der Waals surface area contributed by atoms with Gasteiger partial charge in [-0.3, -0.25) is 0 Å². The summed E-state index contributed by atoms with van der Waals surface area (Å²) in [5.74, 6) is -0.932. The Kier molecular flexibility index (Phi) is 6.47. The monoisotopic (exact) mass is 344 g/mol. The molecule has 0 saturated carbocycles. The van der Waals surface area contributed by atoms with Crippen LogP contribution in [0.2, 0.25) is 0 Å². The minimum Gasteiger partial charge on any atom is -0.478 e. The zero-order chi connectivity index (χ0) is 15.1. The van der Waals surface area contributed by atoms with Crippen molar-refractivity contribution < 1.29 is 19.4 Å². The van der Waals surface area contributed by atoms with Gasteiger partial charge >= 0.3 is 12.0 Å². The minimum absolute atomic E-state index is 0.0273. The zero-order valence-electron chi connectivity index (χ0n) is 11.3. The van der Waals surface area contributed by atoms with Gasteiger partial charge in [-0.25, -0.2) is 9.59 Å². The van der Waals surface area contributed by atoms with E-state index in [1.165, 1.54) is 6.07 Å². The predicted octanol–water partition coefficient (Wildman–Crippen LogP) is 2.55. The molecule has 1 aromatic carbocycles. The lowest BCUT2D eigenvalue weighted by molar-refractivity contribution is 0.0698. The Morgan fingerprint density at radius 2 is 2.15 bits per heavy atom. The number of ether oxygens (including phenoxy) is 1. The van der Waals surface area contributed by atoms with Crippen molar-refractivity contribution in [3.8, 4) is 0 Å². The van der Waals surface area contributed by atoms with Gasteiger partial charge in [-0.1, -0.05) is 13.0 Å². The first kappa shape index (κ1) is 16.5. The van der Waals surface area contributed by atoms with Gasteiger partial charge in [-0.15, -0.1) is 0 Å². The summed E-state index contributed by atoms with van der Waals surface area (Å²) >= 11 is 3.22. The molecule has 0 bridgehead atoms. The van der Waals surface area contributed by atoms with Crippen LogP contribution in [0.3, 0.4) is 0 Å². The smallest absolute Gasteiger partial charge is 0.337 e. The summed E-state index contributed by atoms with van der Waals surface area (Å²) in [6, 6.07) is 4.23. The number of rotatable bonds is 6. The number of para-hydroxylation sites is 1. The van der Waals surface area contributed by atoms with E-state index in [0.717, 1.165) is 0 Å². The third-order valence-electron chi connectivity index (χ3n) is 2.54. The summed E-state index contributed by atoms with van der Waals surface area (Å²) in [5, 5.41) is 14.3. The maximum Gasteiger partial charge on any atom is 0.337 e. The number of aromatic carboxylic acids is 1. The summed E-state index contributed by atoms with van der Waals surface area (Å²) in [6.45, 7) is 2.91. The van der Waals surface area contributed by atoms with Crippen LogP contribution < -0.4 is 10.6 Å². The first-order chi connectivity index (χ1) is 9.45. The zero-order valence-corrected chi connectivity index (χ0v) is 12.9. The number of urea groups is 1. The fourth-order valence-electron chi connectivity index (χ4n) is 1.60. The molecule has 1 aromatic rings. The number of benzene rings is 1. The molecule has 0 spiro atoms. The lowest BCUT2D eigenvalue weighted by atomic mass is 10.2. The Bertz CT molecular complexity index is 493. The number of amides is 2. The largest absolute Gasteiger partial charge is 0.478 e. The topological polar surface area (TPSA) is 87.7 Å². The first-order valence-electron chi connectivity index (χ1n) is 6.01. The van der Waals surface area contributed by atoms with E-state index < -0.39 is 12.0 Å². The summed E-state index contributed by atoms with van der Waals surface area (Å²) in [6.07, 6.45) is 0. The van der Waals surface area contributed by atoms with Crippen molar-refractivity contribution >= 4 is 33.6 Å². The SMILES string of the molecule is COCC(C)CNC(=O)Nc1c(Br)cccc1C(=O)O. The molecular weight excluding hydrogens is 328 g/mol. The average Bonchev–Trinajstić information content (AvgIpc) is 2.39. The van der Waals surface area contributed by atoms with Crippen LogP contribution in [-0.4, -0.2) is 37.4 Å². The number of hydrogen-bond donors (Lipinski definition) is 3. The van der Waals surface area contributed by atoms with E-state index >= 15 is 0 Å². The predicted molar refractivity (Wildman–Crippen MR) is 79.2 cm³/mol. The van der Waals surface area contributed by atoms with E-state index in [9.17, 15) is 9.59 Å². The molecule has 0 aliphatic rings. The Hall–Kier alpha value is -1.60. The second kappa shape index (κ2) is 7.86. The van der Waals surface area contributed by atoms with Crippen molar-refractivity contribution in [2.45, 2.75) is 6.92 Å². The Labute approximate surface area is 125 Å². The van der Waals surface area contributed by atoms with Gasteiger partial charge in [-0.05, 0) is 34.0 Å². The van der Waals surface area contributed by atoms with E-state index in [1.54, 1.807) is 19.2 Å². The maximum absolute atomic E-state index is 11.8. The number of methoxy groups -OCH3 is 1. The molecular formula is C13H17BrN2O4. The molecule has 1 rings (SSSR count). The van der Waals surface area contributed by atoms with E-state index in [1.807, 2.05) is 6.92 Å². The van der Waals surface area contributed by atoms with Gasteiger partial charge in [0.25, 0.3) is 0 Å². The summed E-state index contributed by atoms with van der Waals surface area (Å²) in [7, 11) is 1.59. The van der Waals surface area contributed by atoms with Gasteiger partial charge in [0.2, 0.25) is 0 Å². The Balaban J connectivity index is 2.69. The van der Waals surface area contributed by atoms with Gasteiger partial charge < -0.3 is 20.5 Å². The van der Waals surface area contributed by atoms with Crippen LogP contribution in [0.15, 0.2) is 22.7 Å². The molecule has 3 N–H and O–H groups in total. The fraction of sp³-hybridized carbons (Fsp3) is 0.385. The van der Waals surface area contributed by atoms with Crippen LogP contribution in [0.1, 0.15) is 17.3 Å². The van der Waals surface area contributed by atoms with E-state index in [2.05, 4.69) is 26.6 Å². The molecule has 6 nitrogen and oxygen atoms in total. The molecule has 0 saturated heterocycles. The molecule has 2 amide bonds. The third kappa shape index (κ3) is 4.82. The van der Waals surface area contributed by atoms with Gasteiger partial charge in [0.15, 0.2) is 0 Å². The normalized spacial score (nSPS) is 11.8. The van der Waals surface area contributed by atoms with E-state index in [-0.39, 0.29) is 17.2 Å². The highest BCUT2D eigenvalue weighted by Gasteiger charge is 2.15. The molecule has 0 radical (unpaired) electrons. The number of nitrogens with one attached hydrogen (secondary N) is 2. The number of carbonyl (C=O) groups excluding carboxylic acids is 1. The molecule has 110 valence electrons. The van der Waals surface area contributed by atoms with Crippen LogP contribution in [0.5, 0.6) is 0 Å². The molecule has 1 atom stereocenters. The number of carbonyl (C=O) groups is 2. The molecule has 7 heteroatoms.